The molecule has 0 aliphatic carbocycles. The highest BCUT2D eigenvalue weighted by Crippen LogP contribution is 2.04. The summed E-state index contributed by atoms with van der Waals surface area (Å²) < 4.78 is 13.5. The van der Waals surface area contributed by atoms with E-state index in [4.69, 9.17) is 0 Å². The summed E-state index contributed by atoms with van der Waals surface area (Å²) in [6.07, 6.45) is 4.49. The first kappa shape index (κ1) is 14.7. The van der Waals surface area contributed by atoms with Crippen LogP contribution in [0.15, 0.2) is 36.7 Å². The van der Waals surface area contributed by atoms with Gasteiger partial charge in [-0.25, -0.2) is 4.39 Å². The highest BCUT2D eigenvalue weighted by Gasteiger charge is 2.06. The van der Waals surface area contributed by atoms with Crippen molar-refractivity contribution >= 4 is 0 Å². The van der Waals surface area contributed by atoms with Crippen molar-refractivity contribution in [3.8, 4) is 0 Å². The fraction of sp³-hybridized carbons (Fsp3) is 0.467. The van der Waals surface area contributed by atoms with Gasteiger partial charge < -0.3 is 9.88 Å². The molecule has 0 fully saturated rings. The van der Waals surface area contributed by atoms with Gasteiger partial charge in [-0.15, -0.1) is 0 Å². The molecular formula is C15H23FN2. The first-order valence-electron chi connectivity index (χ1n) is 6.53. The Morgan fingerprint density at radius 2 is 2.11 bits per heavy atom. The van der Waals surface area contributed by atoms with Gasteiger partial charge in [0.15, 0.2) is 0 Å². The van der Waals surface area contributed by atoms with Gasteiger partial charge in [-0.2, -0.15) is 0 Å². The second-order valence-electron chi connectivity index (χ2n) is 4.61. The summed E-state index contributed by atoms with van der Waals surface area (Å²) in [5.74, 6) is -0.206. The third-order valence-electron chi connectivity index (χ3n) is 2.98. The van der Waals surface area contributed by atoms with Gasteiger partial charge in [0.25, 0.3) is 0 Å². The zero-order valence-corrected chi connectivity index (χ0v) is 11.5. The summed E-state index contributed by atoms with van der Waals surface area (Å²) >= 11 is 0. The lowest BCUT2D eigenvalue weighted by Gasteiger charge is -2.24. The van der Waals surface area contributed by atoms with Crippen molar-refractivity contribution in [1.29, 1.82) is 0 Å². The topological polar surface area (TPSA) is 19.0 Å². The molecule has 1 rings (SSSR count). The summed E-state index contributed by atoms with van der Waals surface area (Å²) in [7, 11) is 0. The molecule has 0 amide bonds. The number of H-pyrrole nitrogens is 1. The standard InChI is InChI=1S/C15H23FN2/c1-4-18(13(2)3)10-8-14-11-15(16)7-5-6-9-17-12-14/h5-7,9,11-13,17H,4,8,10H2,1-3H3. The van der Waals surface area contributed by atoms with Crippen molar-refractivity contribution in [2.24, 2.45) is 0 Å². The maximum atomic E-state index is 13.5. The Kier molecular flexibility index (Phi) is 6.44. The number of aromatic amines is 1. The van der Waals surface area contributed by atoms with Crippen LogP contribution in [-0.2, 0) is 6.42 Å². The number of hydrogen-bond donors (Lipinski definition) is 1. The molecule has 0 saturated carbocycles. The predicted molar refractivity (Wildman–Crippen MR) is 74.5 cm³/mol. The largest absolute Gasteiger partial charge is 0.367 e. The molecule has 0 saturated heterocycles. The Morgan fingerprint density at radius 1 is 1.33 bits per heavy atom. The fourth-order valence-corrected chi connectivity index (χ4v) is 1.88. The van der Waals surface area contributed by atoms with Crippen molar-refractivity contribution in [2.75, 3.05) is 13.1 Å². The second kappa shape index (κ2) is 7.88. The fourth-order valence-electron chi connectivity index (χ4n) is 1.88. The van der Waals surface area contributed by atoms with E-state index in [0.717, 1.165) is 25.1 Å². The van der Waals surface area contributed by atoms with Crippen LogP contribution in [0.3, 0.4) is 0 Å². The van der Waals surface area contributed by atoms with Gasteiger partial charge >= 0.3 is 0 Å². The van der Waals surface area contributed by atoms with E-state index in [2.05, 4.69) is 30.7 Å². The molecule has 0 radical (unpaired) electrons. The molecule has 18 heavy (non-hydrogen) atoms. The molecule has 0 aromatic carbocycles. The van der Waals surface area contributed by atoms with Gasteiger partial charge in [-0.05, 0) is 50.6 Å². The summed E-state index contributed by atoms with van der Waals surface area (Å²) in [5.41, 5.74) is 0.975. The Balaban J connectivity index is 2.79. The summed E-state index contributed by atoms with van der Waals surface area (Å²) in [5, 5.41) is 0. The third-order valence-corrected chi connectivity index (χ3v) is 2.98. The Morgan fingerprint density at radius 3 is 2.78 bits per heavy atom. The van der Waals surface area contributed by atoms with Gasteiger partial charge in [0.05, 0.1) is 0 Å². The van der Waals surface area contributed by atoms with Gasteiger partial charge in [-0.3, -0.25) is 0 Å². The van der Waals surface area contributed by atoms with Crippen LogP contribution in [-0.4, -0.2) is 29.0 Å². The number of nitrogens with one attached hydrogen (secondary N) is 1. The zero-order valence-electron chi connectivity index (χ0n) is 11.5. The van der Waals surface area contributed by atoms with Gasteiger partial charge in [0.2, 0.25) is 0 Å². The smallest absolute Gasteiger partial charge is 0.123 e. The Bertz CT molecular complexity index is 397. The van der Waals surface area contributed by atoms with Crippen LogP contribution in [0.25, 0.3) is 0 Å². The quantitative estimate of drug-likeness (QED) is 0.846. The summed E-state index contributed by atoms with van der Waals surface area (Å²) in [6, 6.07) is 7.04. The average molecular weight is 250 g/mol. The van der Waals surface area contributed by atoms with Crippen LogP contribution in [0.5, 0.6) is 0 Å². The summed E-state index contributed by atoms with van der Waals surface area (Å²) in [4.78, 5) is 5.41. The monoisotopic (exact) mass is 250 g/mol. The molecule has 1 heterocycles. The van der Waals surface area contributed by atoms with E-state index in [1.807, 2.05) is 6.20 Å². The minimum atomic E-state index is -0.206. The van der Waals surface area contributed by atoms with Crippen molar-refractivity contribution in [3.63, 3.8) is 0 Å². The lowest BCUT2D eigenvalue weighted by atomic mass is 10.2. The van der Waals surface area contributed by atoms with Crippen LogP contribution in [0.4, 0.5) is 4.39 Å². The van der Waals surface area contributed by atoms with Crippen molar-refractivity contribution in [1.82, 2.24) is 9.88 Å². The van der Waals surface area contributed by atoms with Crippen LogP contribution in [0.1, 0.15) is 26.3 Å². The summed E-state index contributed by atoms with van der Waals surface area (Å²) in [6.45, 7) is 8.48. The van der Waals surface area contributed by atoms with E-state index in [-0.39, 0.29) is 5.82 Å². The molecule has 0 atom stereocenters. The molecule has 0 aliphatic rings. The molecule has 0 bridgehead atoms. The van der Waals surface area contributed by atoms with Gasteiger partial charge in [0, 0.05) is 25.0 Å². The number of halogens is 1. The van der Waals surface area contributed by atoms with Crippen LogP contribution in [0, 0.1) is 5.82 Å². The molecule has 2 nitrogen and oxygen atoms in total. The molecule has 3 heteroatoms. The van der Waals surface area contributed by atoms with Gasteiger partial charge in [-0.1, -0.05) is 13.0 Å². The lowest BCUT2D eigenvalue weighted by molar-refractivity contribution is 0.236. The normalized spacial score (nSPS) is 10.8. The molecule has 0 unspecified atom stereocenters. The number of aromatic nitrogens is 1. The highest BCUT2D eigenvalue weighted by molar-refractivity contribution is 5.10. The maximum absolute atomic E-state index is 13.5. The predicted octanol–water partition coefficient (Wildman–Crippen LogP) is 3.55. The first-order chi connectivity index (χ1) is 8.63. The average Bonchev–Trinajstić information content (AvgIpc) is 2.42. The molecule has 1 aromatic rings. The maximum Gasteiger partial charge on any atom is 0.123 e. The van der Waals surface area contributed by atoms with E-state index < -0.39 is 0 Å². The van der Waals surface area contributed by atoms with E-state index >= 15 is 0 Å². The second-order valence-corrected chi connectivity index (χ2v) is 4.61. The first-order valence-corrected chi connectivity index (χ1v) is 6.53. The van der Waals surface area contributed by atoms with E-state index in [9.17, 15) is 4.39 Å². The number of likely N-dealkylation sites (N-methyl/N-ethyl adjacent to an activating group) is 1. The SMILES string of the molecule is CCN(CCc1c[nH]ccccc(F)c1)C(C)C. The van der Waals surface area contributed by atoms with Crippen molar-refractivity contribution < 1.29 is 4.39 Å². The molecule has 1 aromatic heterocycles. The van der Waals surface area contributed by atoms with E-state index in [0.29, 0.717) is 6.04 Å². The van der Waals surface area contributed by atoms with Crippen molar-refractivity contribution in [2.45, 2.75) is 33.2 Å². The number of nitrogens with zero attached hydrogens (tertiary/aromatic N) is 1. The number of rotatable bonds is 5. The Labute approximate surface area is 109 Å². The molecule has 100 valence electrons. The highest BCUT2D eigenvalue weighted by atomic mass is 19.1. The Hall–Kier alpha value is -1.35. The van der Waals surface area contributed by atoms with Crippen LogP contribution in [0.2, 0.25) is 0 Å². The molecule has 0 aliphatic heterocycles. The van der Waals surface area contributed by atoms with Crippen LogP contribution >= 0.6 is 0 Å². The van der Waals surface area contributed by atoms with E-state index in [1.54, 1.807) is 24.4 Å². The van der Waals surface area contributed by atoms with E-state index in [1.165, 1.54) is 6.07 Å². The molecule has 1 N–H and O–H groups in total. The molecular weight excluding hydrogens is 227 g/mol. The number of hydrogen-bond acceptors (Lipinski definition) is 1. The minimum Gasteiger partial charge on any atom is -0.367 e. The lowest BCUT2D eigenvalue weighted by Crippen LogP contribution is -2.32. The zero-order chi connectivity index (χ0) is 13.4. The van der Waals surface area contributed by atoms with Crippen molar-refractivity contribution in [3.05, 3.63) is 48.0 Å². The third kappa shape index (κ3) is 5.32. The van der Waals surface area contributed by atoms with Crippen LogP contribution < -0.4 is 0 Å². The molecule has 0 spiro atoms. The minimum absolute atomic E-state index is 0.206. The van der Waals surface area contributed by atoms with Gasteiger partial charge in [0.1, 0.15) is 5.82 Å².